The Morgan fingerprint density at radius 2 is 2.13 bits per heavy atom. The quantitative estimate of drug-likeness (QED) is 0.630. The summed E-state index contributed by atoms with van der Waals surface area (Å²) in [5.41, 5.74) is 1.72. The van der Waals surface area contributed by atoms with E-state index in [1.54, 1.807) is 41.8 Å². The zero-order valence-electron chi connectivity index (χ0n) is 16.4. The molecule has 0 bridgehead atoms. The molecule has 0 saturated carbocycles. The van der Waals surface area contributed by atoms with Crippen molar-refractivity contribution in [2.24, 2.45) is 0 Å². The monoisotopic (exact) mass is 443 g/mol. The number of hydrogen-bond acceptors (Lipinski definition) is 6. The number of aromatic nitrogens is 1. The van der Waals surface area contributed by atoms with E-state index in [4.69, 9.17) is 4.74 Å². The van der Waals surface area contributed by atoms with Crippen LogP contribution >= 0.6 is 11.3 Å². The van der Waals surface area contributed by atoms with Gasteiger partial charge in [-0.3, -0.25) is 4.79 Å². The average molecular weight is 444 g/mol. The van der Waals surface area contributed by atoms with Crippen molar-refractivity contribution in [2.75, 3.05) is 18.5 Å². The first-order chi connectivity index (χ1) is 14.5. The second kappa shape index (κ2) is 8.55. The van der Waals surface area contributed by atoms with Crippen LogP contribution in [0.2, 0.25) is 0 Å². The molecule has 0 radical (unpaired) electrons. The molecule has 0 saturated heterocycles. The molecule has 1 aliphatic rings. The molecule has 2 aromatic heterocycles. The molecule has 1 aromatic carbocycles. The van der Waals surface area contributed by atoms with Gasteiger partial charge in [-0.15, -0.1) is 11.3 Å². The third-order valence-corrected chi connectivity index (χ3v) is 7.67. The molecule has 1 amide bonds. The number of rotatable bonds is 6. The highest BCUT2D eigenvalue weighted by atomic mass is 32.2. The highest BCUT2D eigenvalue weighted by Crippen LogP contribution is 2.28. The number of carbonyl (C=O) groups excluding carboxylic acids is 1. The fourth-order valence-corrected chi connectivity index (χ4v) is 5.66. The van der Waals surface area contributed by atoms with Gasteiger partial charge in [0.05, 0.1) is 11.5 Å². The number of sulfonamides is 1. The van der Waals surface area contributed by atoms with Crippen molar-refractivity contribution in [1.29, 1.82) is 0 Å². The first-order valence-corrected chi connectivity index (χ1v) is 11.9. The number of ether oxygens (including phenoxy) is 1. The predicted molar refractivity (Wildman–Crippen MR) is 115 cm³/mol. The zero-order chi connectivity index (χ0) is 21.1. The van der Waals surface area contributed by atoms with Gasteiger partial charge in [0.25, 0.3) is 5.91 Å². The van der Waals surface area contributed by atoms with E-state index in [1.165, 1.54) is 21.3 Å². The molecule has 0 aliphatic carbocycles. The van der Waals surface area contributed by atoms with Gasteiger partial charge in [0, 0.05) is 29.7 Å². The third kappa shape index (κ3) is 4.09. The first kappa shape index (κ1) is 20.5. The second-order valence-electron chi connectivity index (χ2n) is 6.73. The van der Waals surface area contributed by atoms with E-state index in [2.05, 4.69) is 10.3 Å². The van der Waals surface area contributed by atoms with Crippen LogP contribution in [0, 0.1) is 0 Å². The second-order valence-corrected chi connectivity index (χ2v) is 9.67. The van der Waals surface area contributed by atoms with Crippen molar-refractivity contribution in [3.8, 4) is 5.88 Å². The summed E-state index contributed by atoms with van der Waals surface area (Å²) >= 11 is 1.66. The number of hydrogen-bond donors (Lipinski definition) is 1. The molecule has 0 spiro atoms. The molecule has 7 nitrogen and oxygen atoms in total. The minimum absolute atomic E-state index is 0.102. The number of nitrogens with one attached hydrogen (secondary N) is 1. The first-order valence-electron chi connectivity index (χ1n) is 9.53. The predicted octanol–water partition coefficient (Wildman–Crippen LogP) is 3.54. The summed E-state index contributed by atoms with van der Waals surface area (Å²) in [5, 5.41) is 4.73. The van der Waals surface area contributed by atoms with Crippen molar-refractivity contribution in [1.82, 2.24) is 9.29 Å². The van der Waals surface area contributed by atoms with Crippen LogP contribution in [-0.4, -0.2) is 36.8 Å². The summed E-state index contributed by atoms with van der Waals surface area (Å²) in [4.78, 5) is 18.2. The maximum Gasteiger partial charge on any atom is 0.255 e. The summed E-state index contributed by atoms with van der Waals surface area (Å²) in [5.74, 6) is -0.114. The Morgan fingerprint density at radius 1 is 1.27 bits per heavy atom. The Balaban J connectivity index is 1.56. The number of pyridine rings is 1. The van der Waals surface area contributed by atoms with Gasteiger partial charge in [-0.2, -0.15) is 4.31 Å². The fourth-order valence-electron chi connectivity index (χ4n) is 3.31. The van der Waals surface area contributed by atoms with E-state index in [-0.39, 0.29) is 10.5 Å². The normalized spacial score (nSPS) is 14.2. The van der Waals surface area contributed by atoms with Crippen LogP contribution in [0.1, 0.15) is 27.7 Å². The third-order valence-electron chi connectivity index (χ3n) is 4.81. The Labute approximate surface area is 179 Å². The SMILES string of the molecule is CCOc1ncccc1NC(=O)c1cccc(S(=O)(=O)N2CCc3sccc3C2)c1. The molecular formula is C21H21N3O4S2. The Hall–Kier alpha value is -2.75. The van der Waals surface area contributed by atoms with Crippen molar-refractivity contribution >= 4 is 33.0 Å². The average Bonchev–Trinajstić information content (AvgIpc) is 3.23. The smallest absolute Gasteiger partial charge is 0.255 e. The molecule has 0 fully saturated rings. The van der Waals surface area contributed by atoms with Gasteiger partial charge in [-0.25, -0.2) is 13.4 Å². The maximum atomic E-state index is 13.2. The van der Waals surface area contributed by atoms with Gasteiger partial charge < -0.3 is 10.1 Å². The van der Waals surface area contributed by atoms with E-state index in [1.807, 2.05) is 18.4 Å². The number of anilines is 1. The summed E-state index contributed by atoms with van der Waals surface area (Å²) in [6, 6.07) is 11.4. The van der Waals surface area contributed by atoms with Crippen LogP contribution in [0.25, 0.3) is 0 Å². The zero-order valence-corrected chi connectivity index (χ0v) is 18.0. The Kier molecular flexibility index (Phi) is 5.85. The minimum atomic E-state index is -3.71. The van der Waals surface area contributed by atoms with Crippen LogP contribution in [0.3, 0.4) is 0 Å². The molecular weight excluding hydrogens is 422 g/mol. The lowest BCUT2D eigenvalue weighted by atomic mass is 10.1. The lowest BCUT2D eigenvalue weighted by Gasteiger charge is -2.26. The molecule has 1 N–H and O–H groups in total. The number of fused-ring (bicyclic) bond motifs is 1. The van der Waals surface area contributed by atoms with Crippen LogP contribution in [-0.2, 0) is 23.0 Å². The van der Waals surface area contributed by atoms with E-state index in [0.29, 0.717) is 37.7 Å². The van der Waals surface area contributed by atoms with Crippen molar-refractivity contribution in [3.63, 3.8) is 0 Å². The molecule has 3 heterocycles. The van der Waals surface area contributed by atoms with E-state index in [9.17, 15) is 13.2 Å². The highest BCUT2D eigenvalue weighted by molar-refractivity contribution is 7.89. The molecule has 4 rings (SSSR count). The van der Waals surface area contributed by atoms with Gasteiger partial charge >= 0.3 is 0 Å². The number of thiophene rings is 1. The summed E-state index contributed by atoms with van der Waals surface area (Å²) in [7, 11) is -3.71. The van der Waals surface area contributed by atoms with Gasteiger partial charge in [0.2, 0.25) is 15.9 Å². The number of carbonyl (C=O) groups is 1. The molecule has 3 aromatic rings. The van der Waals surface area contributed by atoms with Crippen LogP contribution in [0.15, 0.2) is 58.9 Å². The number of benzene rings is 1. The summed E-state index contributed by atoms with van der Waals surface area (Å²) in [6.07, 6.45) is 2.28. The summed E-state index contributed by atoms with van der Waals surface area (Å²) in [6.45, 7) is 3.02. The highest BCUT2D eigenvalue weighted by Gasteiger charge is 2.29. The molecule has 30 heavy (non-hydrogen) atoms. The van der Waals surface area contributed by atoms with Crippen molar-refractivity contribution in [3.05, 3.63) is 70.0 Å². The molecule has 1 aliphatic heterocycles. The molecule has 9 heteroatoms. The minimum Gasteiger partial charge on any atom is -0.476 e. The van der Waals surface area contributed by atoms with E-state index < -0.39 is 15.9 Å². The van der Waals surface area contributed by atoms with Gasteiger partial charge in [-0.05, 0) is 60.7 Å². The van der Waals surface area contributed by atoms with Crippen molar-refractivity contribution < 1.29 is 17.9 Å². The van der Waals surface area contributed by atoms with E-state index in [0.717, 1.165) is 5.56 Å². The topological polar surface area (TPSA) is 88.6 Å². The number of nitrogens with zero attached hydrogens (tertiary/aromatic N) is 2. The number of amides is 1. The lowest BCUT2D eigenvalue weighted by Crippen LogP contribution is -2.35. The van der Waals surface area contributed by atoms with Crippen LogP contribution in [0.5, 0.6) is 5.88 Å². The molecule has 156 valence electrons. The molecule has 0 atom stereocenters. The summed E-state index contributed by atoms with van der Waals surface area (Å²) < 4.78 is 33.2. The lowest BCUT2D eigenvalue weighted by molar-refractivity contribution is 0.102. The van der Waals surface area contributed by atoms with Crippen LogP contribution in [0.4, 0.5) is 5.69 Å². The Morgan fingerprint density at radius 3 is 2.97 bits per heavy atom. The van der Waals surface area contributed by atoms with Gasteiger partial charge in [0.1, 0.15) is 5.69 Å². The fraction of sp³-hybridized carbons (Fsp3) is 0.238. The standard InChI is InChI=1S/C21H21N3O4S2/c1-2-28-21-18(7-4-10-22-21)23-20(25)15-5-3-6-17(13-15)30(26,27)24-11-8-19-16(14-24)9-12-29-19/h3-7,9-10,12-13H,2,8,11,14H2,1H3,(H,23,25). The van der Waals surface area contributed by atoms with Crippen molar-refractivity contribution in [2.45, 2.75) is 24.8 Å². The maximum absolute atomic E-state index is 13.2. The largest absolute Gasteiger partial charge is 0.476 e. The molecule has 0 unspecified atom stereocenters. The van der Waals surface area contributed by atoms with Crippen LogP contribution < -0.4 is 10.1 Å². The van der Waals surface area contributed by atoms with E-state index >= 15 is 0 Å². The van der Waals surface area contributed by atoms with Gasteiger partial charge in [-0.1, -0.05) is 6.07 Å². The van der Waals surface area contributed by atoms with Gasteiger partial charge in [0.15, 0.2) is 0 Å². The Bertz CT molecular complexity index is 1170.